The second kappa shape index (κ2) is 50.5. The molecule has 0 aliphatic carbocycles. The summed E-state index contributed by atoms with van der Waals surface area (Å²) < 4.78 is 16.8. The molecule has 0 N–H and O–H groups in total. The molecule has 358 valence electrons. The van der Waals surface area contributed by atoms with E-state index in [1.54, 1.807) is 0 Å². The van der Waals surface area contributed by atoms with Gasteiger partial charge in [0.1, 0.15) is 13.2 Å². The van der Waals surface area contributed by atoms with Gasteiger partial charge in [-0.2, -0.15) is 0 Å². The fourth-order valence-electron chi connectivity index (χ4n) is 7.84. The number of carbonyl (C=O) groups excluding carboxylic acids is 3. The van der Waals surface area contributed by atoms with Crippen LogP contribution in [0.25, 0.3) is 0 Å². The highest BCUT2D eigenvalue weighted by Gasteiger charge is 2.19. The summed E-state index contributed by atoms with van der Waals surface area (Å²) >= 11 is 0. The summed E-state index contributed by atoms with van der Waals surface area (Å²) in [5.41, 5.74) is 0. The zero-order valence-electron chi connectivity index (χ0n) is 40.9. The summed E-state index contributed by atoms with van der Waals surface area (Å²) in [6.07, 6.45) is 57.3. The van der Waals surface area contributed by atoms with Gasteiger partial charge in [-0.25, -0.2) is 0 Å². The number of allylic oxidation sites excluding steroid dienone is 4. The Morgan fingerprint density at radius 3 is 0.836 bits per heavy atom. The molecule has 0 amide bonds. The Bertz CT molecular complexity index is 989. The van der Waals surface area contributed by atoms with Gasteiger partial charge in [-0.3, -0.25) is 14.4 Å². The fourth-order valence-corrected chi connectivity index (χ4v) is 7.84. The van der Waals surface area contributed by atoms with Gasteiger partial charge in [0.25, 0.3) is 0 Å². The number of unbranched alkanes of at least 4 members (excludes halogenated alkanes) is 34. The highest BCUT2D eigenvalue weighted by atomic mass is 16.6. The van der Waals surface area contributed by atoms with Crippen molar-refractivity contribution in [2.75, 3.05) is 13.2 Å². The van der Waals surface area contributed by atoms with Gasteiger partial charge in [0.2, 0.25) is 0 Å². The molecule has 0 aromatic rings. The first-order valence-electron chi connectivity index (χ1n) is 26.8. The van der Waals surface area contributed by atoms with E-state index in [9.17, 15) is 14.4 Å². The van der Waals surface area contributed by atoms with Gasteiger partial charge >= 0.3 is 17.9 Å². The van der Waals surface area contributed by atoms with E-state index in [1.165, 1.54) is 186 Å². The Hall–Kier alpha value is -2.11. The van der Waals surface area contributed by atoms with Crippen molar-refractivity contribution in [1.29, 1.82) is 0 Å². The van der Waals surface area contributed by atoms with Crippen LogP contribution in [-0.4, -0.2) is 37.2 Å². The second-order valence-electron chi connectivity index (χ2n) is 18.1. The van der Waals surface area contributed by atoms with Crippen molar-refractivity contribution in [3.63, 3.8) is 0 Å². The molecule has 6 nitrogen and oxygen atoms in total. The Labute approximate surface area is 379 Å². The minimum absolute atomic E-state index is 0.0723. The van der Waals surface area contributed by atoms with E-state index in [0.717, 1.165) is 64.2 Å². The molecule has 0 rings (SSSR count). The highest BCUT2D eigenvalue weighted by Crippen LogP contribution is 2.16. The Balaban J connectivity index is 4.35. The average molecular weight is 859 g/mol. The van der Waals surface area contributed by atoms with Crippen molar-refractivity contribution in [2.45, 2.75) is 297 Å². The lowest BCUT2D eigenvalue weighted by Gasteiger charge is -2.18. The lowest BCUT2D eigenvalue weighted by Crippen LogP contribution is -2.30. The standard InChI is InChI=1S/C55H102O6/c1-4-7-10-13-16-19-22-25-27-30-33-36-39-42-45-48-54(57)60-51-52(50-59-53(56)47-44-41-38-35-32-29-24-21-18-15-12-9-6-3)61-55(58)49-46-43-40-37-34-31-28-26-23-20-17-14-11-8-5-2/h19,21-22,24,52H,4-18,20,23,25-51H2,1-3H3/b22-19-,24-21-/t52-/m1/s1. The molecule has 0 heterocycles. The summed E-state index contributed by atoms with van der Waals surface area (Å²) in [7, 11) is 0. The van der Waals surface area contributed by atoms with E-state index in [4.69, 9.17) is 14.2 Å². The molecule has 0 saturated carbocycles. The fraction of sp³-hybridized carbons (Fsp3) is 0.873. The summed E-state index contributed by atoms with van der Waals surface area (Å²) in [4.78, 5) is 38.0. The van der Waals surface area contributed by atoms with E-state index in [2.05, 4.69) is 45.1 Å². The molecule has 0 saturated heterocycles. The van der Waals surface area contributed by atoms with E-state index < -0.39 is 6.10 Å². The van der Waals surface area contributed by atoms with E-state index in [-0.39, 0.29) is 31.1 Å². The Morgan fingerprint density at radius 2 is 0.541 bits per heavy atom. The molecular formula is C55H102O6. The lowest BCUT2D eigenvalue weighted by atomic mass is 10.0. The van der Waals surface area contributed by atoms with Crippen molar-refractivity contribution in [2.24, 2.45) is 0 Å². The Morgan fingerprint density at radius 1 is 0.311 bits per heavy atom. The van der Waals surface area contributed by atoms with Crippen LogP contribution in [0.3, 0.4) is 0 Å². The van der Waals surface area contributed by atoms with Crippen molar-refractivity contribution in [1.82, 2.24) is 0 Å². The van der Waals surface area contributed by atoms with Crippen molar-refractivity contribution >= 4 is 17.9 Å². The summed E-state index contributed by atoms with van der Waals surface area (Å²) in [5.74, 6) is -0.870. The van der Waals surface area contributed by atoms with Crippen LogP contribution in [0.5, 0.6) is 0 Å². The van der Waals surface area contributed by atoms with Gasteiger partial charge in [-0.1, -0.05) is 225 Å². The van der Waals surface area contributed by atoms with Gasteiger partial charge in [-0.05, 0) is 70.6 Å². The van der Waals surface area contributed by atoms with Crippen LogP contribution >= 0.6 is 0 Å². The van der Waals surface area contributed by atoms with Crippen LogP contribution in [0.1, 0.15) is 290 Å². The minimum atomic E-state index is -0.771. The molecular weight excluding hydrogens is 757 g/mol. The maximum Gasteiger partial charge on any atom is 0.306 e. The van der Waals surface area contributed by atoms with Gasteiger partial charge in [-0.15, -0.1) is 0 Å². The molecule has 0 spiro atoms. The van der Waals surface area contributed by atoms with Gasteiger partial charge in [0.15, 0.2) is 6.10 Å². The molecule has 0 bridgehead atoms. The van der Waals surface area contributed by atoms with Gasteiger partial charge in [0.05, 0.1) is 0 Å². The third-order valence-electron chi connectivity index (χ3n) is 11.9. The topological polar surface area (TPSA) is 78.9 Å². The largest absolute Gasteiger partial charge is 0.462 e. The second-order valence-corrected chi connectivity index (χ2v) is 18.1. The van der Waals surface area contributed by atoms with Crippen LogP contribution in [0.15, 0.2) is 24.3 Å². The molecule has 0 radical (unpaired) electrons. The molecule has 6 heteroatoms. The van der Waals surface area contributed by atoms with Crippen LogP contribution in [-0.2, 0) is 28.6 Å². The lowest BCUT2D eigenvalue weighted by molar-refractivity contribution is -0.167. The maximum absolute atomic E-state index is 12.8. The summed E-state index contributed by atoms with van der Waals surface area (Å²) in [5, 5.41) is 0. The number of rotatable bonds is 49. The van der Waals surface area contributed by atoms with Crippen LogP contribution in [0.4, 0.5) is 0 Å². The van der Waals surface area contributed by atoms with Crippen molar-refractivity contribution in [3.8, 4) is 0 Å². The number of esters is 3. The molecule has 1 atom stereocenters. The van der Waals surface area contributed by atoms with Crippen LogP contribution in [0, 0.1) is 0 Å². The third-order valence-corrected chi connectivity index (χ3v) is 11.9. The average Bonchev–Trinajstić information content (AvgIpc) is 3.26. The first-order valence-corrected chi connectivity index (χ1v) is 26.8. The normalized spacial score (nSPS) is 12.1. The Kier molecular flexibility index (Phi) is 48.8. The maximum atomic E-state index is 12.8. The van der Waals surface area contributed by atoms with Crippen LogP contribution < -0.4 is 0 Å². The predicted molar refractivity (Wildman–Crippen MR) is 261 cm³/mol. The number of hydrogen-bond acceptors (Lipinski definition) is 6. The number of carbonyl (C=O) groups is 3. The zero-order chi connectivity index (χ0) is 44.4. The minimum Gasteiger partial charge on any atom is -0.462 e. The highest BCUT2D eigenvalue weighted by molar-refractivity contribution is 5.71. The monoisotopic (exact) mass is 859 g/mol. The van der Waals surface area contributed by atoms with E-state index in [0.29, 0.717) is 19.3 Å². The molecule has 61 heavy (non-hydrogen) atoms. The first-order chi connectivity index (χ1) is 30.0. The zero-order valence-corrected chi connectivity index (χ0v) is 40.9. The van der Waals surface area contributed by atoms with Gasteiger partial charge in [0, 0.05) is 19.3 Å². The molecule has 0 fully saturated rings. The summed E-state index contributed by atoms with van der Waals surface area (Å²) in [6, 6.07) is 0. The summed E-state index contributed by atoms with van der Waals surface area (Å²) in [6.45, 7) is 6.63. The molecule has 0 unspecified atom stereocenters. The van der Waals surface area contributed by atoms with Gasteiger partial charge < -0.3 is 14.2 Å². The molecule has 0 aliphatic rings. The molecule has 0 aromatic carbocycles. The van der Waals surface area contributed by atoms with Crippen molar-refractivity contribution < 1.29 is 28.6 Å². The molecule has 0 aliphatic heterocycles. The number of hydrogen-bond donors (Lipinski definition) is 0. The molecule has 0 aromatic heterocycles. The van der Waals surface area contributed by atoms with Crippen molar-refractivity contribution in [3.05, 3.63) is 24.3 Å². The van der Waals surface area contributed by atoms with E-state index in [1.807, 2.05) is 0 Å². The quantitative estimate of drug-likeness (QED) is 0.0262. The SMILES string of the molecule is CCCCCC/C=C\CCCCCCCCCC(=O)OC[C@@H](COC(=O)CCCCCCC/C=C\CCCCCC)OC(=O)CCCCCCCCCCCCCCCCC. The predicted octanol–water partition coefficient (Wildman–Crippen LogP) is 17.5. The first kappa shape index (κ1) is 58.9. The van der Waals surface area contributed by atoms with E-state index >= 15 is 0 Å². The third kappa shape index (κ3) is 48.8. The smallest absolute Gasteiger partial charge is 0.306 e. The number of ether oxygens (including phenoxy) is 3. The van der Waals surface area contributed by atoms with Crippen LogP contribution in [0.2, 0.25) is 0 Å².